The molecule has 3 aliphatic rings. The van der Waals surface area contributed by atoms with E-state index in [1.165, 1.54) is 58.7 Å². The number of Topliss-reactive ketones (excluding diaryl/α,β-unsaturated/α-hetero) is 1. The lowest BCUT2D eigenvalue weighted by Gasteiger charge is -2.36. The van der Waals surface area contributed by atoms with E-state index >= 15 is 24.0 Å². The number of cyclic esters (lactones) is 2. The second-order valence-corrected chi connectivity index (χ2v) is 39.0. The second-order valence-electron chi connectivity index (χ2n) is 36.0. The Labute approximate surface area is 819 Å². The predicted octanol–water partition coefficient (Wildman–Crippen LogP) is 2.42. The number of amides is 11. The van der Waals surface area contributed by atoms with Gasteiger partial charge >= 0.3 is 47.9 Å². The molecule has 0 aliphatic carbocycles. The molecule has 2 unspecified atom stereocenters. The lowest BCUT2D eigenvalue weighted by molar-refractivity contribution is -0.163. The number of benzene rings is 2. The number of likely N-dealkylation sites (tertiary alicyclic amines) is 1. The molecule has 0 saturated carbocycles. The number of thiocarbonyl (C=S) groups is 1. The highest BCUT2D eigenvalue weighted by Crippen LogP contribution is 2.30. The largest absolute Gasteiger partial charge is 0.509 e. The van der Waals surface area contributed by atoms with Crippen molar-refractivity contribution in [2.75, 3.05) is 52.4 Å². The summed E-state index contributed by atoms with van der Waals surface area (Å²) in [6, 6.07) is -4.08. The van der Waals surface area contributed by atoms with Crippen LogP contribution in [0.5, 0.6) is 5.75 Å². The predicted molar refractivity (Wildman–Crippen MR) is 506 cm³/mol. The Balaban J connectivity index is 1.27. The van der Waals surface area contributed by atoms with Gasteiger partial charge in [0, 0.05) is 76.8 Å². The third kappa shape index (κ3) is 37.9. The minimum Gasteiger partial charge on any atom is -0.497 e. The summed E-state index contributed by atoms with van der Waals surface area (Å²) in [5.74, 6) is -23.2. The van der Waals surface area contributed by atoms with Crippen molar-refractivity contribution in [3.63, 3.8) is 0 Å². The van der Waals surface area contributed by atoms with Crippen molar-refractivity contribution in [3.8, 4) is 5.75 Å². The Morgan fingerprint density at radius 3 is 1.83 bits per heavy atom. The average Bonchev–Trinajstić information content (AvgIpc) is 1.75. The Morgan fingerprint density at radius 2 is 1.24 bits per heavy atom. The first-order chi connectivity index (χ1) is 65.4. The van der Waals surface area contributed by atoms with Gasteiger partial charge in [0.15, 0.2) is 23.1 Å². The lowest BCUT2D eigenvalue weighted by Crippen LogP contribution is -2.62. The van der Waals surface area contributed by atoms with Crippen LogP contribution >= 0.6 is 33.8 Å². The topological polar surface area (TPSA) is 630 Å². The Hall–Kier alpha value is -12.0. The molecule has 5 rings (SSSR count). The number of likely N-dealkylation sites (N-methyl/N-ethyl adjacent to an activating group) is 2. The number of esters is 2. The number of carboxylic acids is 5. The highest BCUT2D eigenvalue weighted by Gasteiger charge is 2.48. The summed E-state index contributed by atoms with van der Waals surface area (Å²) in [7, 11) is 6.01. The molecule has 44 nitrogen and oxygen atoms in total. The molecule has 772 valence electrons. The number of nitrogens with zero attached hydrogens (tertiary/aromatic N) is 4. The van der Waals surface area contributed by atoms with Crippen LogP contribution in [0.25, 0.3) is 0 Å². The zero-order valence-corrected chi connectivity index (χ0v) is 83.3. The van der Waals surface area contributed by atoms with E-state index in [0.29, 0.717) is 23.3 Å². The summed E-state index contributed by atoms with van der Waals surface area (Å²) < 4.78 is 28.0. The van der Waals surface area contributed by atoms with Gasteiger partial charge in [-0.2, -0.15) is 0 Å². The van der Waals surface area contributed by atoms with Gasteiger partial charge in [-0.15, -0.1) is 0 Å². The van der Waals surface area contributed by atoms with Crippen molar-refractivity contribution in [3.05, 3.63) is 65.7 Å². The molecule has 139 heavy (non-hydrogen) atoms. The highest BCUT2D eigenvalue weighted by atomic mass is 33.1. The van der Waals surface area contributed by atoms with E-state index in [4.69, 9.17) is 41.0 Å². The number of hydrogen-bond donors (Lipinski definition) is 15. The van der Waals surface area contributed by atoms with Crippen molar-refractivity contribution in [1.82, 2.24) is 67.5 Å². The molecule has 0 aromatic heterocycles. The molecule has 15 N–H and O–H groups in total. The minimum atomic E-state index is -1.91. The zero-order chi connectivity index (χ0) is 104. The molecule has 2 aromatic carbocycles. The van der Waals surface area contributed by atoms with Gasteiger partial charge in [-0.05, 0) is 145 Å². The number of aliphatic hydroxyl groups excluding tert-OH is 1. The molecular formula is C92H135N13O31S3. The monoisotopic (exact) mass is 2010 g/mol. The molecule has 3 aliphatic heterocycles. The van der Waals surface area contributed by atoms with Crippen LogP contribution in [0.15, 0.2) is 54.6 Å². The van der Waals surface area contributed by atoms with Gasteiger partial charge < -0.3 is 122 Å². The van der Waals surface area contributed by atoms with Crippen LogP contribution in [-0.4, -0.2) is 329 Å². The summed E-state index contributed by atoms with van der Waals surface area (Å²) in [6.45, 7) is 18.6. The fourth-order valence-electron chi connectivity index (χ4n) is 15.7. The number of carbonyl (C=O) groups excluding carboxylic acids is 15. The molecule has 11 amide bonds. The molecular weight excluding hydrogens is 1880 g/mol. The zero-order valence-electron chi connectivity index (χ0n) is 80.9. The fraction of sp³-hybridized carbons (Fsp3) is 0.641. The second kappa shape index (κ2) is 57.5. The molecule has 47 heteroatoms. The number of fused-ring (bicyclic) bond motifs is 1. The van der Waals surface area contributed by atoms with Crippen molar-refractivity contribution in [2.24, 2.45) is 29.6 Å². The van der Waals surface area contributed by atoms with Gasteiger partial charge in [-0.1, -0.05) is 126 Å². The van der Waals surface area contributed by atoms with E-state index < -0.39 is 277 Å². The Morgan fingerprint density at radius 1 is 0.647 bits per heavy atom. The van der Waals surface area contributed by atoms with E-state index in [1.807, 2.05) is 13.8 Å². The Bertz CT molecular complexity index is 4630. The number of aliphatic hydroxyl groups is 1. The molecule has 0 radical (unpaired) electrons. The normalized spacial score (nSPS) is 21.7. The molecule has 2 aromatic rings. The first-order valence-electron chi connectivity index (χ1n) is 46.2. The van der Waals surface area contributed by atoms with E-state index in [-0.39, 0.29) is 114 Å². The van der Waals surface area contributed by atoms with Gasteiger partial charge in [-0.3, -0.25) is 71.9 Å². The van der Waals surface area contributed by atoms with Crippen LogP contribution in [-0.2, 0) is 123 Å². The van der Waals surface area contributed by atoms with Crippen LogP contribution in [0, 0.1) is 29.6 Å². The third-order valence-electron chi connectivity index (χ3n) is 23.7. The first kappa shape index (κ1) is 117. The highest BCUT2D eigenvalue weighted by molar-refractivity contribution is 8.76. The summed E-state index contributed by atoms with van der Waals surface area (Å²) >= 11 is 5.02. The lowest BCUT2D eigenvalue weighted by atomic mass is 9.91. The van der Waals surface area contributed by atoms with E-state index in [9.17, 15) is 97.5 Å². The molecule has 0 bridgehead atoms. The van der Waals surface area contributed by atoms with Gasteiger partial charge in [0.1, 0.15) is 84.9 Å². The number of methoxy groups -OCH3 is 1. The maximum Gasteiger partial charge on any atom is 0.509 e. The smallest absolute Gasteiger partial charge is 0.497 e. The van der Waals surface area contributed by atoms with E-state index in [0.717, 1.165) is 31.4 Å². The molecule has 19 atom stereocenters. The van der Waals surface area contributed by atoms with E-state index in [2.05, 4.69) is 47.9 Å². The molecule has 3 saturated heterocycles. The van der Waals surface area contributed by atoms with Crippen molar-refractivity contribution in [2.45, 2.75) is 295 Å². The van der Waals surface area contributed by atoms with Gasteiger partial charge in [-0.25, -0.2) is 24.0 Å². The fourth-order valence-corrected chi connectivity index (χ4v) is 18.0. The van der Waals surface area contributed by atoms with Crippen LogP contribution < -0.4 is 52.6 Å². The SMILES string of the molecule is CC[C@@H](C)[C@@H]1NC(=O)[C@H](NC(=O)[C@H](CC(C)C)N(C)C(=O)C2CCCN2C(=O)[C@@H](C)OC(=O)OCCSSC[C@H](NC(=O)[C@H](Cc2ccccc2)NC(=O)[C@H](CC(=O)O)NC(=O)CC[C@@H](C)NC(=O)CC[C@H](NC(=S)N[C@@H](CCC(=O)O)C(=O)O)C(=O)O)C(=O)O)[C@H](C)OC(=O)[C@@H](Cc2ccc(OC)cc2)N(C)C(=O)[C@H]2CCCN2C(=O)C(CC(C)C)NC(=O)[C@H](C)C(=O)[C@@H](C(C)C)OC(=O)C[C@H]1O. The summed E-state index contributed by atoms with van der Waals surface area (Å²) in [6.07, 6.45) is -11.4. The van der Waals surface area contributed by atoms with Crippen molar-refractivity contribution >= 4 is 158 Å². The average molecular weight is 2020 g/mol. The van der Waals surface area contributed by atoms with Crippen LogP contribution in [0.1, 0.15) is 191 Å². The maximum absolute atomic E-state index is 15.4. The number of ketones is 1. The van der Waals surface area contributed by atoms with Crippen LogP contribution in [0.4, 0.5) is 4.79 Å². The summed E-state index contributed by atoms with van der Waals surface area (Å²) in [5, 5.41) is 82.4. The van der Waals surface area contributed by atoms with Gasteiger partial charge in [0.25, 0.3) is 5.91 Å². The summed E-state index contributed by atoms with van der Waals surface area (Å²) in [4.78, 5) is 279. The molecule has 0 spiro atoms. The van der Waals surface area contributed by atoms with Gasteiger partial charge in [0.05, 0.1) is 38.0 Å². The van der Waals surface area contributed by atoms with Crippen molar-refractivity contribution < 1.29 is 150 Å². The molecule has 3 heterocycles. The Kier molecular flexibility index (Phi) is 48.6. The molecule has 3 fully saturated rings. The number of aliphatic carboxylic acids is 5. The number of rotatable bonds is 46. The number of carboxylic acid groups (broad SMARTS) is 5. The van der Waals surface area contributed by atoms with Gasteiger partial charge in [0.2, 0.25) is 59.1 Å². The number of ether oxygens (including phenoxy) is 5. The van der Waals surface area contributed by atoms with E-state index in [1.54, 1.807) is 96.1 Å². The quantitative estimate of drug-likeness (QED) is 0.0113. The third-order valence-corrected chi connectivity index (χ3v) is 26.3. The van der Waals surface area contributed by atoms with Crippen molar-refractivity contribution in [1.29, 1.82) is 0 Å². The number of hydrogen-bond acceptors (Lipinski definition) is 29. The maximum atomic E-state index is 15.4. The van der Waals surface area contributed by atoms with Crippen LogP contribution in [0.2, 0.25) is 0 Å². The minimum absolute atomic E-state index is 0.0224. The number of carbonyl (C=O) groups is 20. The van der Waals surface area contributed by atoms with Crippen LogP contribution in [0.3, 0.4) is 0 Å². The number of nitrogens with one attached hydrogen (secondary N) is 9. The first-order valence-corrected chi connectivity index (χ1v) is 49.1. The standard InChI is InChI=1S/C92H135N13O31S3/c1-16-50(8)74-68(106)45-73(113)136-77(49(6)7)76(114)52(10)78(115)96-62(40-47(2)3)84(121)105-37-21-25-65(105)86(123)103(14)67(43-56-27-29-57(132-15)30-28-56)90(130)134-53(11)75(82(119)100-74)101-81(118)66(41-48(4)5)102(13)85(122)64-24-20-36-104(64)83(120)54(12)135-92(131)133-38-39-138-139-46-63(89(128)129)97-79(116)60(42-55-22-18-17-19-23-55)95-80(117)61(44-72(111)112)94-70(108)33-26-51(9)93-69(107)34-31-58(87(124)125)98-91(137)99-59(88(126)127)32-35-71(109)110/h17-19,22-23,27-30,47-54,58-68,74-75,77,106H,16,20-21,24-26,31-46H2,1-15H3,(H,93,107)(H,94,108)(H,95,117)(H,96,115)(H,97,116)(H,100,119)(H,101,118)(H,109,110)(H,111,112)(H,124,125)(H,126,127)(H,128,129)(H2,98,99,137)/t50-,51-,52-,53+,54-,58+,59+,60+,61+,62?,63+,64?,65-,66+,67-,68-,74+,75-,77-/m1/s1. The summed E-state index contributed by atoms with van der Waals surface area (Å²) in [5.41, 5.74) is 0.961.